The molecule has 1 aliphatic heterocycles. The van der Waals surface area contributed by atoms with Crippen molar-refractivity contribution in [1.82, 2.24) is 4.90 Å². The van der Waals surface area contributed by atoms with Crippen LogP contribution in [0.5, 0.6) is 0 Å². The van der Waals surface area contributed by atoms with E-state index in [-0.39, 0.29) is 40.0 Å². The van der Waals surface area contributed by atoms with Crippen LogP contribution in [-0.2, 0) is 4.79 Å². The molecule has 0 aromatic rings. The summed E-state index contributed by atoms with van der Waals surface area (Å²) in [6.45, 7) is 10.9. The maximum atomic E-state index is 13.0. The SMILES string of the molecule is C=C1[C@@H]2C[C@@]3([C@@H]1O)[C@@H](CC2=O)[C@@]12C4[C@@H]3C[C@@H]1[C@@](C)(CC[C@@H]2O)CN4CC. The van der Waals surface area contributed by atoms with Crippen LogP contribution in [0.15, 0.2) is 12.2 Å². The van der Waals surface area contributed by atoms with Crippen LogP contribution in [-0.4, -0.2) is 52.2 Å². The average Bonchev–Trinajstić information content (AvgIpc) is 3.14. The summed E-state index contributed by atoms with van der Waals surface area (Å²) >= 11 is 0. The van der Waals surface area contributed by atoms with Crippen molar-refractivity contribution < 1.29 is 15.0 Å². The molecule has 1 unspecified atom stereocenters. The highest BCUT2D eigenvalue weighted by molar-refractivity contribution is 5.87. The van der Waals surface area contributed by atoms with E-state index in [1.54, 1.807) is 0 Å². The number of ketones is 1. The summed E-state index contributed by atoms with van der Waals surface area (Å²) in [7, 11) is 0. The van der Waals surface area contributed by atoms with Crippen LogP contribution in [0.25, 0.3) is 0 Å². The molecule has 4 nitrogen and oxygen atoms in total. The van der Waals surface area contributed by atoms with Crippen LogP contribution in [0, 0.1) is 39.9 Å². The minimum atomic E-state index is -0.561. The van der Waals surface area contributed by atoms with Crippen molar-refractivity contribution in [2.45, 2.75) is 64.2 Å². The summed E-state index contributed by atoms with van der Waals surface area (Å²) < 4.78 is 0. The van der Waals surface area contributed by atoms with Gasteiger partial charge in [0.25, 0.3) is 0 Å². The quantitative estimate of drug-likeness (QED) is 0.705. The van der Waals surface area contributed by atoms with Crippen LogP contribution in [0.3, 0.4) is 0 Å². The van der Waals surface area contributed by atoms with Crippen molar-refractivity contribution in [2.75, 3.05) is 13.1 Å². The van der Waals surface area contributed by atoms with Crippen LogP contribution in [0.2, 0.25) is 0 Å². The number of carbonyl (C=O) groups is 1. The Morgan fingerprint density at radius 3 is 2.81 bits per heavy atom. The molecular weight excluding hydrogens is 326 g/mol. The van der Waals surface area contributed by atoms with Gasteiger partial charge in [-0.15, -0.1) is 0 Å². The third-order valence-corrected chi connectivity index (χ3v) is 10.4. The predicted octanol–water partition coefficient (Wildman–Crippen LogP) is 2.00. The molecule has 10 atom stereocenters. The zero-order valence-electron chi connectivity index (χ0n) is 15.9. The topological polar surface area (TPSA) is 60.8 Å². The molecular formula is C22H31NO3. The van der Waals surface area contributed by atoms with Crippen molar-refractivity contribution in [3.63, 3.8) is 0 Å². The van der Waals surface area contributed by atoms with E-state index in [0.717, 1.165) is 44.3 Å². The molecule has 1 heterocycles. The number of Topliss-reactive ketones (excluding diaryl/α,β-unsaturated/α-hetero) is 1. The Morgan fingerprint density at radius 2 is 2.08 bits per heavy atom. The fourth-order valence-corrected chi connectivity index (χ4v) is 9.75. The summed E-state index contributed by atoms with van der Waals surface area (Å²) in [6.07, 6.45) is 3.50. The molecule has 5 aliphatic carbocycles. The number of fused-ring (bicyclic) bond motifs is 1. The smallest absolute Gasteiger partial charge is 0.140 e. The van der Waals surface area contributed by atoms with Gasteiger partial charge in [-0.1, -0.05) is 20.4 Å². The summed E-state index contributed by atoms with van der Waals surface area (Å²) in [5, 5.41) is 22.8. The fraction of sp³-hybridized carbons (Fsp3) is 0.864. The molecule has 142 valence electrons. The highest BCUT2D eigenvalue weighted by Crippen LogP contribution is 2.83. The maximum absolute atomic E-state index is 13.0. The van der Waals surface area contributed by atoms with Gasteiger partial charge in [0.15, 0.2) is 0 Å². The molecule has 0 amide bonds. The predicted molar refractivity (Wildman–Crippen MR) is 97.2 cm³/mol. The zero-order chi connectivity index (χ0) is 18.2. The van der Waals surface area contributed by atoms with Crippen LogP contribution < -0.4 is 0 Å². The highest BCUT2D eigenvalue weighted by Gasteiger charge is 2.85. The Morgan fingerprint density at radius 1 is 1.31 bits per heavy atom. The molecule has 7 bridgehead atoms. The molecule has 1 saturated heterocycles. The molecule has 2 spiro atoms. The largest absolute Gasteiger partial charge is 0.392 e. The molecule has 0 radical (unpaired) electrons. The number of aliphatic hydroxyl groups is 2. The summed E-state index contributed by atoms with van der Waals surface area (Å²) in [4.78, 5) is 15.6. The Hall–Kier alpha value is -0.710. The standard InChI is InChI=1S/C22H31NO3/c1-4-23-10-20(3)6-5-17(25)22-15(20)7-13(18(22)23)21-9-12(11(2)19(21)26)14(24)8-16(21)22/h12-13,15-19,25-26H,2,4-10H2,1,3H3/t12-,13-,15+,16+,17-,18?,19+,20-,21-,22-/m0/s1. The number of nitrogens with zero attached hydrogens (tertiary/aromatic N) is 1. The van der Waals surface area contributed by atoms with Gasteiger partial charge in [-0.2, -0.15) is 0 Å². The van der Waals surface area contributed by atoms with Gasteiger partial charge in [-0.3, -0.25) is 9.69 Å². The van der Waals surface area contributed by atoms with Crippen LogP contribution in [0.4, 0.5) is 0 Å². The lowest BCUT2D eigenvalue weighted by Gasteiger charge is -2.65. The monoisotopic (exact) mass is 357 g/mol. The summed E-state index contributed by atoms with van der Waals surface area (Å²) in [6, 6.07) is 0.331. The first-order valence-electron chi connectivity index (χ1n) is 10.6. The highest BCUT2D eigenvalue weighted by atomic mass is 16.3. The van der Waals surface area contributed by atoms with Crippen molar-refractivity contribution in [2.24, 2.45) is 39.9 Å². The molecule has 6 aliphatic rings. The Bertz CT molecular complexity index is 735. The first-order chi connectivity index (χ1) is 12.3. The van der Waals surface area contributed by atoms with E-state index in [4.69, 9.17) is 0 Å². The molecule has 26 heavy (non-hydrogen) atoms. The Labute approximate surface area is 155 Å². The van der Waals surface area contributed by atoms with Gasteiger partial charge in [0.2, 0.25) is 0 Å². The van der Waals surface area contributed by atoms with E-state index in [9.17, 15) is 15.0 Å². The van der Waals surface area contributed by atoms with E-state index < -0.39 is 6.10 Å². The second-order valence-electron chi connectivity index (χ2n) is 10.7. The van der Waals surface area contributed by atoms with E-state index in [1.807, 2.05) is 0 Å². The van der Waals surface area contributed by atoms with Gasteiger partial charge in [-0.25, -0.2) is 0 Å². The number of likely N-dealkylation sites (tertiary alicyclic amines) is 1. The summed E-state index contributed by atoms with van der Waals surface area (Å²) in [5.74, 6) is 1.16. The second kappa shape index (κ2) is 4.47. The first-order valence-corrected chi connectivity index (χ1v) is 10.6. The van der Waals surface area contributed by atoms with Gasteiger partial charge >= 0.3 is 0 Å². The molecule has 6 fully saturated rings. The molecule has 0 aromatic heterocycles. The van der Waals surface area contributed by atoms with Gasteiger partial charge in [0.05, 0.1) is 12.2 Å². The van der Waals surface area contributed by atoms with Crippen molar-refractivity contribution >= 4 is 5.78 Å². The Balaban J connectivity index is 1.62. The maximum Gasteiger partial charge on any atom is 0.140 e. The molecule has 0 aromatic carbocycles. The van der Waals surface area contributed by atoms with E-state index >= 15 is 0 Å². The van der Waals surface area contributed by atoms with E-state index in [2.05, 4.69) is 25.3 Å². The number of carbonyl (C=O) groups excluding carboxylic acids is 1. The minimum absolute atomic E-state index is 0.130. The van der Waals surface area contributed by atoms with Gasteiger partial charge in [-0.05, 0) is 61.0 Å². The average molecular weight is 357 g/mol. The number of hydrogen-bond donors (Lipinski definition) is 2. The molecule has 4 heteroatoms. The lowest BCUT2D eigenvalue weighted by molar-refractivity contribution is -0.211. The third-order valence-electron chi connectivity index (χ3n) is 10.4. The number of rotatable bonds is 1. The summed E-state index contributed by atoms with van der Waals surface area (Å²) in [5.41, 5.74) is 0.598. The number of piperidine rings is 1. The van der Waals surface area contributed by atoms with Gasteiger partial charge in [0.1, 0.15) is 5.78 Å². The number of hydrogen-bond acceptors (Lipinski definition) is 4. The van der Waals surface area contributed by atoms with Gasteiger partial charge < -0.3 is 10.2 Å². The molecule has 2 N–H and O–H groups in total. The third kappa shape index (κ3) is 1.33. The minimum Gasteiger partial charge on any atom is -0.392 e. The first kappa shape index (κ1) is 16.3. The van der Waals surface area contributed by atoms with Crippen LogP contribution in [0.1, 0.15) is 46.0 Å². The lowest BCUT2D eigenvalue weighted by Crippen LogP contribution is -2.68. The second-order valence-corrected chi connectivity index (χ2v) is 10.7. The Kier molecular flexibility index (Phi) is 2.80. The number of aliphatic hydroxyl groups excluding tert-OH is 2. The fourth-order valence-electron chi connectivity index (χ4n) is 9.75. The molecule has 6 rings (SSSR count). The van der Waals surface area contributed by atoms with Crippen molar-refractivity contribution in [3.8, 4) is 0 Å². The lowest BCUT2D eigenvalue weighted by atomic mass is 9.43. The van der Waals surface area contributed by atoms with E-state index in [0.29, 0.717) is 24.3 Å². The van der Waals surface area contributed by atoms with Crippen molar-refractivity contribution in [3.05, 3.63) is 12.2 Å². The van der Waals surface area contributed by atoms with E-state index in [1.165, 1.54) is 0 Å². The van der Waals surface area contributed by atoms with Gasteiger partial charge in [0, 0.05) is 35.8 Å². The zero-order valence-corrected chi connectivity index (χ0v) is 15.9. The van der Waals surface area contributed by atoms with Crippen LogP contribution >= 0.6 is 0 Å². The normalized spacial score (nSPS) is 62.7. The molecule has 5 saturated carbocycles. The van der Waals surface area contributed by atoms with Crippen molar-refractivity contribution in [1.29, 1.82) is 0 Å².